The minimum Gasteiger partial charge on any atom is -0.340 e. The maximum absolute atomic E-state index is 12.3. The lowest BCUT2D eigenvalue weighted by molar-refractivity contribution is -0.134. The van der Waals surface area contributed by atoms with Crippen molar-refractivity contribution in [2.45, 2.75) is 71.4 Å². The highest BCUT2D eigenvalue weighted by Crippen LogP contribution is 2.30. The summed E-state index contributed by atoms with van der Waals surface area (Å²) in [6, 6.07) is 0.273. The molecule has 0 radical (unpaired) electrons. The Balaban J connectivity index is 2.58. The summed E-state index contributed by atoms with van der Waals surface area (Å²) < 4.78 is 0. The van der Waals surface area contributed by atoms with Crippen molar-refractivity contribution in [3.63, 3.8) is 0 Å². The summed E-state index contributed by atoms with van der Waals surface area (Å²) in [5.41, 5.74) is 6.06. The fraction of sp³-hybridized carbons (Fsp3) is 0.929. The zero-order chi connectivity index (χ0) is 13.1. The van der Waals surface area contributed by atoms with E-state index in [0.717, 1.165) is 19.4 Å². The smallest absolute Gasteiger partial charge is 0.224 e. The molecular weight excluding hydrogens is 212 g/mol. The van der Waals surface area contributed by atoms with E-state index in [1.807, 2.05) is 4.90 Å². The number of nitrogens with zero attached hydrogens (tertiary/aromatic N) is 1. The Hall–Kier alpha value is -0.570. The Morgan fingerprint density at radius 3 is 2.18 bits per heavy atom. The monoisotopic (exact) mass is 240 g/mol. The van der Waals surface area contributed by atoms with Crippen LogP contribution < -0.4 is 5.73 Å². The van der Waals surface area contributed by atoms with E-state index in [-0.39, 0.29) is 17.5 Å². The third-order valence-corrected chi connectivity index (χ3v) is 3.61. The van der Waals surface area contributed by atoms with Crippen molar-refractivity contribution in [1.82, 2.24) is 4.90 Å². The molecular formula is C14H28N2O. The molecule has 0 atom stereocenters. The molecule has 0 aromatic carbocycles. The summed E-state index contributed by atoms with van der Waals surface area (Å²) >= 11 is 0. The summed E-state index contributed by atoms with van der Waals surface area (Å²) in [7, 11) is 0. The van der Waals surface area contributed by atoms with E-state index in [2.05, 4.69) is 27.7 Å². The fourth-order valence-electron chi connectivity index (χ4n) is 2.65. The lowest BCUT2D eigenvalue weighted by Gasteiger charge is -2.32. The molecule has 100 valence electrons. The van der Waals surface area contributed by atoms with Gasteiger partial charge in [0.25, 0.3) is 0 Å². The Labute approximate surface area is 106 Å². The quantitative estimate of drug-likeness (QED) is 0.802. The van der Waals surface area contributed by atoms with E-state index in [4.69, 9.17) is 5.73 Å². The predicted octanol–water partition coefficient (Wildman–Crippen LogP) is 2.54. The van der Waals surface area contributed by atoms with Crippen molar-refractivity contribution in [3.05, 3.63) is 0 Å². The van der Waals surface area contributed by atoms with E-state index < -0.39 is 0 Å². The molecule has 2 N–H and O–H groups in total. The van der Waals surface area contributed by atoms with Gasteiger partial charge < -0.3 is 10.6 Å². The van der Waals surface area contributed by atoms with Gasteiger partial charge in [-0.3, -0.25) is 4.79 Å². The van der Waals surface area contributed by atoms with Crippen LogP contribution in [0.25, 0.3) is 0 Å². The SMILES string of the molecule is CC(C)CN(C(=O)CC1(N)CCCC1)C(C)C. The van der Waals surface area contributed by atoms with E-state index >= 15 is 0 Å². The first-order chi connectivity index (χ1) is 7.84. The molecule has 0 aromatic heterocycles. The summed E-state index contributed by atoms with van der Waals surface area (Å²) in [6.45, 7) is 9.30. The predicted molar refractivity (Wildman–Crippen MR) is 71.7 cm³/mol. The van der Waals surface area contributed by atoms with Gasteiger partial charge in [-0.1, -0.05) is 26.7 Å². The van der Waals surface area contributed by atoms with E-state index in [9.17, 15) is 4.79 Å². The molecule has 17 heavy (non-hydrogen) atoms. The van der Waals surface area contributed by atoms with Gasteiger partial charge in [0.2, 0.25) is 5.91 Å². The van der Waals surface area contributed by atoms with E-state index in [0.29, 0.717) is 12.3 Å². The first kappa shape index (κ1) is 14.5. The highest BCUT2D eigenvalue weighted by atomic mass is 16.2. The molecule has 0 bridgehead atoms. The average molecular weight is 240 g/mol. The van der Waals surface area contributed by atoms with Gasteiger partial charge >= 0.3 is 0 Å². The number of carbonyl (C=O) groups excluding carboxylic acids is 1. The second kappa shape index (κ2) is 5.85. The van der Waals surface area contributed by atoms with Crippen molar-refractivity contribution in [3.8, 4) is 0 Å². The van der Waals surface area contributed by atoms with E-state index in [1.165, 1.54) is 12.8 Å². The molecule has 0 unspecified atom stereocenters. The summed E-state index contributed by atoms with van der Waals surface area (Å²) in [4.78, 5) is 14.3. The zero-order valence-electron chi connectivity index (χ0n) is 11.8. The summed E-state index contributed by atoms with van der Waals surface area (Å²) in [6.07, 6.45) is 4.89. The van der Waals surface area contributed by atoms with Crippen molar-refractivity contribution < 1.29 is 4.79 Å². The summed E-state index contributed by atoms with van der Waals surface area (Å²) in [5.74, 6) is 0.747. The third kappa shape index (κ3) is 4.30. The van der Waals surface area contributed by atoms with Crippen molar-refractivity contribution in [2.75, 3.05) is 6.54 Å². The fourth-order valence-corrected chi connectivity index (χ4v) is 2.65. The zero-order valence-corrected chi connectivity index (χ0v) is 11.8. The van der Waals surface area contributed by atoms with Gasteiger partial charge in [-0.2, -0.15) is 0 Å². The van der Waals surface area contributed by atoms with Gasteiger partial charge in [0.1, 0.15) is 0 Å². The van der Waals surface area contributed by atoms with Crippen LogP contribution in [0.5, 0.6) is 0 Å². The second-order valence-electron chi connectivity index (χ2n) is 6.28. The highest BCUT2D eigenvalue weighted by Gasteiger charge is 2.33. The van der Waals surface area contributed by atoms with Crippen LogP contribution in [-0.2, 0) is 4.79 Å². The number of hydrogen-bond donors (Lipinski definition) is 1. The molecule has 0 aliphatic heterocycles. The molecule has 1 saturated carbocycles. The first-order valence-electron chi connectivity index (χ1n) is 6.92. The second-order valence-corrected chi connectivity index (χ2v) is 6.28. The van der Waals surface area contributed by atoms with Crippen LogP contribution in [0.3, 0.4) is 0 Å². The van der Waals surface area contributed by atoms with E-state index in [1.54, 1.807) is 0 Å². The molecule has 3 nitrogen and oxygen atoms in total. The number of nitrogens with two attached hydrogens (primary N) is 1. The lowest BCUT2D eigenvalue weighted by atomic mass is 9.93. The lowest BCUT2D eigenvalue weighted by Crippen LogP contribution is -2.46. The minimum atomic E-state index is -0.221. The Bertz CT molecular complexity index is 255. The standard InChI is InChI=1S/C14H28N2O/c1-11(2)10-16(12(3)4)13(17)9-14(15)7-5-6-8-14/h11-12H,5-10,15H2,1-4H3. The van der Waals surface area contributed by atoms with Gasteiger partial charge in [0.05, 0.1) is 0 Å². The first-order valence-corrected chi connectivity index (χ1v) is 6.92. The maximum Gasteiger partial charge on any atom is 0.224 e. The normalized spacial score (nSPS) is 19.0. The molecule has 0 spiro atoms. The molecule has 1 fully saturated rings. The van der Waals surface area contributed by atoms with Gasteiger partial charge in [-0.15, -0.1) is 0 Å². The largest absolute Gasteiger partial charge is 0.340 e. The van der Waals surface area contributed by atoms with Crippen LogP contribution in [0.4, 0.5) is 0 Å². The molecule has 1 amide bonds. The minimum absolute atomic E-state index is 0.221. The number of carbonyl (C=O) groups is 1. The molecule has 1 rings (SSSR count). The van der Waals surface area contributed by atoms with Crippen LogP contribution >= 0.6 is 0 Å². The molecule has 1 aliphatic rings. The third-order valence-electron chi connectivity index (χ3n) is 3.61. The Kier molecular flexibility index (Phi) is 4.99. The number of rotatable bonds is 5. The molecule has 0 heterocycles. The molecule has 0 aromatic rings. The van der Waals surface area contributed by atoms with Crippen LogP contribution in [0, 0.1) is 5.92 Å². The Morgan fingerprint density at radius 1 is 1.24 bits per heavy atom. The van der Waals surface area contributed by atoms with Gasteiger partial charge in [0, 0.05) is 24.5 Å². The molecule has 1 aliphatic carbocycles. The van der Waals surface area contributed by atoms with Crippen LogP contribution in [-0.4, -0.2) is 28.9 Å². The summed E-state index contributed by atoms with van der Waals surface area (Å²) in [5, 5.41) is 0. The van der Waals surface area contributed by atoms with Crippen molar-refractivity contribution in [1.29, 1.82) is 0 Å². The molecule has 3 heteroatoms. The van der Waals surface area contributed by atoms with Crippen molar-refractivity contribution in [2.24, 2.45) is 11.7 Å². The van der Waals surface area contributed by atoms with Crippen LogP contribution in [0.15, 0.2) is 0 Å². The van der Waals surface area contributed by atoms with Gasteiger partial charge in [-0.25, -0.2) is 0 Å². The van der Waals surface area contributed by atoms with Gasteiger partial charge in [-0.05, 0) is 32.6 Å². The van der Waals surface area contributed by atoms with Crippen molar-refractivity contribution >= 4 is 5.91 Å². The number of hydrogen-bond acceptors (Lipinski definition) is 2. The van der Waals surface area contributed by atoms with Gasteiger partial charge in [0.15, 0.2) is 0 Å². The number of amides is 1. The van der Waals surface area contributed by atoms with Crippen LogP contribution in [0.2, 0.25) is 0 Å². The average Bonchev–Trinajstić information content (AvgIpc) is 2.60. The Morgan fingerprint density at radius 2 is 1.76 bits per heavy atom. The highest BCUT2D eigenvalue weighted by molar-refractivity contribution is 5.77. The molecule has 0 saturated heterocycles. The maximum atomic E-state index is 12.3. The van der Waals surface area contributed by atoms with Crippen LogP contribution in [0.1, 0.15) is 59.8 Å². The topological polar surface area (TPSA) is 46.3 Å².